The van der Waals surface area contributed by atoms with Crippen LogP contribution in [-0.2, 0) is 20.7 Å². The minimum absolute atomic E-state index is 0.150. The molecule has 1 saturated heterocycles. The Morgan fingerprint density at radius 2 is 1.87 bits per heavy atom. The molecule has 2 rings (SSSR count). The normalized spacial score (nSPS) is 18.2. The van der Waals surface area contributed by atoms with Crippen LogP contribution in [0.4, 0.5) is 0 Å². The topological polar surface area (TPSA) is 66.8 Å². The van der Waals surface area contributed by atoms with Gasteiger partial charge in [0.25, 0.3) is 0 Å². The van der Waals surface area contributed by atoms with Crippen LogP contribution in [0.25, 0.3) is 0 Å². The Morgan fingerprint density at radius 1 is 1.13 bits per heavy atom. The van der Waals surface area contributed by atoms with Gasteiger partial charge in [0.2, 0.25) is 5.91 Å². The minimum atomic E-state index is -0.299. The summed E-state index contributed by atoms with van der Waals surface area (Å²) in [6.45, 7) is 2.94. The Kier molecular flexibility index (Phi) is 11.7. The monoisotopic (exact) mass is 431 g/mol. The van der Waals surface area contributed by atoms with Crippen molar-refractivity contribution >= 4 is 11.9 Å². The maximum atomic E-state index is 12.3. The van der Waals surface area contributed by atoms with Gasteiger partial charge in [0.05, 0.1) is 13.2 Å². The molecule has 1 aliphatic heterocycles. The van der Waals surface area contributed by atoms with Crippen LogP contribution < -0.4 is 0 Å². The first-order chi connectivity index (χ1) is 15.0. The highest BCUT2D eigenvalue weighted by atomic mass is 16.5. The first kappa shape index (κ1) is 25.4. The van der Waals surface area contributed by atoms with Crippen molar-refractivity contribution in [1.82, 2.24) is 4.90 Å². The number of methoxy groups -OCH3 is 1. The largest absolute Gasteiger partial charge is 0.469 e. The molecule has 0 spiro atoms. The number of benzene rings is 1. The van der Waals surface area contributed by atoms with Crippen molar-refractivity contribution in [2.45, 2.75) is 96.1 Å². The molecule has 1 aromatic rings. The molecular formula is C26H41NO4. The Labute approximate surface area is 188 Å². The molecule has 5 heteroatoms. The van der Waals surface area contributed by atoms with E-state index in [0.717, 1.165) is 70.8 Å². The van der Waals surface area contributed by atoms with E-state index in [0.29, 0.717) is 12.8 Å². The van der Waals surface area contributed by atoms with Crippen LogP contribution in [0.5, 0.6) is 0 Å². The van der Waals surface area contributed by atoms with Gasteiger partial charge in [0, 0.05) is 25.4 Å². The lowest BCUT2D eigenvalue weighted by Crippen LogP contribution is -2.35. The van der Waals surface area contributed by atoms with E-state index in [9.17, 15) is 14.7 Å². The lowest BCUT2D eigenvalue weighted by atomic mass is 9.92. The molecule has 31 heavy (non-hydrogen) atoms. The molecule has 0 saturated carbocycles. The number of aliphatic hydroxyl groups is 1. The third kappa shape index (κ3) is 9.42. The molecule has 0 radical (unpaired) electrons. The van der Waals surface area contributed by atoms with Gasteiger partial charge in [-0.15, -0.1) is 0 Å². The quantitative estimate of drug-likeness (QED) is 0.317. The van der Waals surface area contributed by atoms with E-state index >= 15 is 0 Å². The number of nitrogens with zero attached hydrogens (tertiary/aromatic N) is 1. The molecule has 3 atom stereocenters. The van der Waals surface area contributed by atoms with Crippen molar-refractivity contribution in [2.75, 3.05) is 13.7 Å². The zero-order valence-corrected chi connectivity index (χ0v) is 19.4. The number of carbonyl (C=O) groups excluding carboxylic acids is 2. The van der Waals surface area contributed by atoms with Crippen molar-refractivity contribution < 1.29 is 19.4 Å². The zero-order chi connectivity index (χ0) is 22.5. The molecule has 1 N–H and O–H groups in total. The predicted octanol–water partition coefficient (Wildman–Crippen LogP) is 4.90. The number of likely N-dealkylation sites (tertiary alicyclic amines) is 1. The highest BCUT2D eigenvalue weighted by Gasteiger charge is 2.30. The average Bonchev–Trinajstić information content (AvgIpc) is 3.14. The first-order valence-corrected chi connectivity index (χ1v) is 12.1. The predicted molar refractivity (Wildman–Crippen MR) is 124 cm³/mol. The minimum Gasteiger partial charge on any atom is -0.469 e. The van der Waals surface area contributed by atoms with E-state index in [1.807, 2.05) is 11.0 Å². The second-order valence-electron chi connectivity index (χ2n) is 9.02. The summed E-state index contributed by atoms with van der Waals surface area (Å²) in [6, 6.07) is 10.8. The fourth-order valence-electron chi connectivity index (χ4n) is 4.52. The van der Waals surface area contributed by atoms with Gasteiger partial charge in [-0.1, -0.05) is 50.1 Å². The SMILES string of the molecule is COC(=O)CCCCCCN1C(=O)CCC1CC[C@@H](O)[C@@H](C)CCCc1ccccc1. The molecule has 1 aliphatic rings. The Hall–Kier alpha value is -1.88. The molecule has 0 bridgehead atoms. The lowest BCUT2D eigenvalue weighted by Gasteiger charge is -2.27. The van der Waals surface area contributed by atoms with Crippen LogP contribution in [0, 0.1) is 5.92 Å². The van der Waals surface area contributed by atoms with Gasteiger partial charge in [-0.3, -0.25) is 9.59 Å². The lowest BCUT2D eigenvalue weighted by molar-refractivity contribution is -0.140. The van der Waals surface area contributed by atoms with Gasteiger partial charge in [-0.25, -0.2) is 0 Å². The van der Waals surface area contributed by atoms with Gasteiger partial charge >= 0.3 is 5.97 Å². The van der Waals surface area contributed by atoms with Gasteiger partial charge in [0.15, 0.2) is 0 Å². The molecule has 0 aromatic heterocycles. The Bertz CT molecular complexity index is 648. The van der Waals surface area contributed by atoms with Gasteiger partial charge in [0.1, 0.15) is 0 Å². The summed E-state index contributed by atoms with van der Waals surface area (Å²) in [7, 11) is 1.42. The summed E-state index contributed by atoms with van der Waals surface area (Å²) in [4.78, 5) is 25.5. The van der Waals surface area contributed by atoms with E-state index in [1.165, 1.54) is 12.7 Å². The van der Waals surface area contributed by atoms with Crippen LogP contribution in [0.2, 0.25) is 0 Å². The third-order valence-corrected chi connectivity index (χ3v) is 6.63. The van der Waals surface area contributed by atoms with Crippen LogP contribution in [0.1, 0.15) is 83.1 Å². The van der Waals surface area contributed by atoms with Gasteiger partial charge < -0.3 is 14.7 Å². The molecule has 5 nitrogen and oxygen atoms in total. The van der Waals surface area contributed by atoms with E-state index in [4.69, 9.17) is 0 Å². The molecule has 1 unspecified atom stereocenters. The maximum Gasteiger partial charge on any atom is 0.305 e. The third-order valence-electron chi connectivity index (χ3n) is 6.63. The van der Waals surface area contributed by atoms with Crippen molar-refractivity contribution in [1.29, 1.82) is 0 Å². The number of ether oxygens (including phenoxy) is 1. The molecule has 1 fully saturated rings. The standard InChI is InChI=1S/C26H41NO4/c1-21(11-10-14-22-12-6-5-7-13-22)24(28)18-16-23-17-19-25(29)27(23)20-9-4-3-8-15-26(30)31-2/h5-7,12-13,21,23-24,28H,3-4,8-11,14-20H2,1-2H3/t21-,23?,24+/m0/s1. The van der Waals surface area contributed by atoms with Crippen molar-refractivity contribution in [2.24, 2.45) is 5.92 Å². The molecule has 1 amide bonds. The highest BCUT2D eigenvalue weighted by molar-refractivity contribution is 5.78. The smallest absolute Gasteiger partial charge is 0.305 e. The van der Waals surface area contributed by atoms with Crippen molar-refractivity contribution in [3.63, 3.8) is 0 Å². The number of aryl methyl sites for hydroxylation is 1. The second-order valence-corrected chi connectivity index (χ2v) is 9.02. The number of amides is 1. The van der Waals surface area contributed by atoms with E-state index in [1.54, 1.807) is 0 Å². The van der Waals surface area contributed by atoms with Crippen LogP contribution >= 0.6 is 0 Å². The Balaban J connectivity index is 1.62. The fraction of sp³-hybridized carbons (Fsp3) is 0.692. The fourth-order valence-corrected chi connectivity index (χ4v) is 4.52. The van der Waals surface area contributed by atoms with Crippen molar-refractivity contribution in [3.05, 3.63) is 35.9 Å². The van der Waals surface area contributed by atoms with Crippen LogP contribution in [-0.4, -0.2) is 47.7 Å². The summed E-state index contributed by atoms with van der Waals surface area (Å²) in [5.41, 5.74) is 1.36. The highest BCUT2D eigenvalue weighted by Crippen LogP contribution is 2.26. The van der Waals surface area contributed by atoms with E-state index < -0.39 is 0 Å². The number of aliphatic hydroxyl groups excluding tert-OH is 1. The molecule has 1 heterocycles. The zero-order valence-electron chi connectivity index (χ0n) is 19.4. The summed E-state index contributed by atoms with van der Waals surface area (Å²) in [6.07, 6.45) is 10.4. The molecule has 1 aromatic carbocycles. The Morgan fingerprint density at radius 3 is 2.61 bits per heavy atom. The molecule has 174 valence electrons. The number of rotatable bonds is 15. The van der Waals surface area contributed by atoms with Gasteiger partial charge in [-0.2, -0.15) is 0 Å². The molecule has 0 aliphatic carbocycles. The second kappa shape index (κ2) is 14.2. The number of unbranched alkanes of at least 4 members (excludes halogenated alkanes) is 3. The summed E-state index contributed by atoms with van der Waals surface area (Å²) in [5, 5.41) is 10.6. The van der Waals surface area contributed by atoms with E-state index in [-0.39, 0.29) is 29.9 Å². The summed E-state index contributed by atoms with van der Waals surface area (Å²) in [5.74, 6) is 0.386. The summed E-state index contributed by atoms with van der Waals surface area (Å²) < 4.78 is 4.66. The average molecular weight is 432 g/mol. The first-order valence-electron chi connectivity index (χ1n) is 12.1. The van der Waals surface area contributed by atoms with E-state index in [2.05, 4.69) is 35.9 Å². The number of carbonyl (C=O) groups is 2. The maximum absolute atomic E-state index is 12.3. The number of hydrogen-bond donors (Lipinski definition) is 1. The summed E-state index contributed by atoms with van der Waals surface area (Å²) >= 11 is 0. The number of hydrogen-bond acceptors (Lipinski definition) is 4. The number of esters is 1. The van der Waals surface area contributed by atoms with Crippen LogP contribution in [0.15, 0.2) is 30.3 Å². The van der Waals surface area contributed by atoms with Crippen molar-refractivity contribution in [3.8, 4) is 0 Å². The van der Waals surface area contributed by atoms with Gasteiger partial charge in [-0.05, 0) is 62.8 Å². The molecular weight excluding hydrogens is 390 g/mol. The van der Waals surface area contributed by atoms with Crippen LogP contribution in [0.3, 0.4) is 0 Å².